The van der Waals surface area contributed by atoms with Gasteiger partial charge in [0.15, 0.2) is 0 Å². The van der Waals surface area contributed by atoms with E-state index in [1.807, 2.05) is 31.2 Å². The molecule has 2 heterocycles. The van der Waals surface area contributed by atoms with Gasteiger partial charge in [-0.25, -0.2) is 13.1 Å². The molecule has 0 saturated carbocycles. The summed E-state index contributed by atoms with van der Waals surface area (Å²) in [7, 11) is -3.72. The van der Waals surface area contributed by atoms with Crippen LogP contribution in [0.4, 0.5) is 0 Å². The molecule has 0 aliphatic carbocycles. The second-order valence-electron chi connectivity index (χ2n) is 8.21. The number of piperidine rings is 1. The van der Waals surface area contributed by atoms with Gasteiger partial charge in [-0.1, -0.05) is 54.0 Å². The lowest BCUT2D eigenvalue weighted by Crippen LogP contribution is -2.39. The number of nitrogens with zero attached hydrogens (tertiary/aromatic N) is 3. The maximum Gasteiger partial charge on any atom is 0.259 e. The number of benzene rings is 2. The Labute approximate surface area is 183 Å². The molecular formula is C23H28N4O3S. The van der Waals surface area contributed by atoms with E-state index in [4.69, 9.17) is 4.52 Å². The molecule has 0 radical (unpaired) electrons. The lowest BCUT2D eigenvalue weighted by molar-refractivity contribution is 0.195. The van der Waals surface area contributed by atoms with Crippen molar-refractivity contribution in [2.45, 2.75) is 31.6 Å². The van der Waals surface area contributed by atoms with Crippen LogP contribution >= 0.6 is 0 Å². The number of hydrogen-bond donors (Lipinski definition) is 1. The zero-order chi connectivity index (χ0) is 21.8. The van der Waals surface area contributed by atoms with Crippen molar-refractivity contribution in [1.29, 1.82) is 0 Å². The molecule has 164 valence electrons. The second-order valence-corrected chi connectivity index (χ2v) is 9.94. The van der Waals surface area contributed by atoms with E-state index in [2.05, 4.69) is 26.7 Å². The van der Waals surface area contributed by atoms with Gasteiger partial charge in [0.05, 0.1) is 10.5 Å². The predicted molar refractivity (Wildman–Crippen MR) is 120 cm³/mol. The van der Waals surface area contributed by atoms with Crippen molar-refractivity contribution >= 4 is 10.0 Å². The Morgan fingerprint density at radius 1 is 1.10 bits per heavy atom. The fourth-order valence-corrected chi connectivity index (χ4v) is 4.95. The quantitative estimate of drug-likeness (QED) is 0.602. The highest BCUT2D eigenvalue weighted by Gasteiger charge is 2.23. The Bertz CT molecular complexity index is 1120. The van der Waals surface area contributed by atoms with Crippen LogP contribution in [0.15, 0.2) is 57.9 Å². The summed E-state index contributed by atoms with van der Waals surface area (Å²) in [6, 6.07) is 14.5. The third-order valence-corrected chi connectivity index (χ3v) is 7.26. The summed E-state index contributed by atoms with van der Waals surface area (Å²) < 4.78 is 34.2. The molecule has 8 heteroatoms. The Morgan fingerprint density at radius 3 is 2.55 bits per heavy atom. The first-order chi connectivity index (χ1) is 14.9. The van der Waals surface area contributed by atoms with Crippen molar-refractivity contribution in [1.82, 2.24) is 19.8 Å². The number of sulfonamides is 1. The van der Waals surface area contributed by atoms with E-state index < -0.39 is 10.0 Å². The van der Waals surface area contributed by atoms with Crippen molar-refractivity contribution in [3.63, 3.8) is 0 Å². The van der Waals surface area contributed by atoms with Gasteiger partial charge in [0.25, 0.3) is 5.89 Å². The zero-order valence-corrected chi connectivity index (χ0v) is 18.7. The molecule has 2 aromatic carbocycles. The van der Waals surface area contributed by atoms with E-state index in [0.29, 0.717) is 24.5 Å². The summed E-state index contributed by atoms with van der Waals surface area (Å²) in [5.41, 5.74) is 2.34. The maximum atomic E-state index is 13.0. The predicted octanol–water partition coefficient (Wildman–Crippen LogP) is 3.72. The van der Waals surface area contributed by atoms with Gasteiger partial charge in [-0.3, -0.25) is 0 Å². The number of aryl methyl sites for hydroxylation is 1. The molecule has 1 saturated heterocycles. The minimum Gasteiger partial charge on any atom is -0.334 e. The summed E-state index contributed by atoms with van der Waals surface area (Å²) in [4.78, 5) is 6.88. The lowest BCUT2D eigenvalue weighted by Gasteiger charge is -2.30. The minimum absolute atomic E-state index is 0.140. The van der Waals surface area contributed by atoms with Crippen LogP contribution in [-0.4, -0.2) is 49.6 Å². The Kier molecular flexibility index (Phi) is 6.50. The third-order valence-electron chi connectivity index (χ3n) is 5.74. The monoisotopic (exact) mass is 440 g/mol. The van der Waals surface area contributed by atoms with Gasteiger partial charge in [-0.05, 0) is 50.9 Å². The van der Waals surface area contributed by atoms with Crippen LogP contribution < -0.4 is 4.72 Å². The summed E-state index contributed by atoms with van der Waals surface area (Å²) in [5.74, 6) is 1.36. The Morgan fingerprint density at radius 2 is 1.81 bits per heavy atom. The smallest absolute Gasteiger partial charge is 0.259 e. The van der Waals surface area contributed by atoms with E-state index in [-0.39, 0.29) is 10.8 Å². The average molecular weight is 441 g/mol. The number of nitrogens with one attached hydrogen (secondary N) is 1. The van der Waals surface area contributed by atoms with Crippen LogP contribution in [0.1, 0.15) is 25.3 Å². The topological polar surface area (TPSA) is 88.3 Å². The lowest BCUT2D eigenvalue weighted by atomic mass is 9.99. The Balaban J connectivity index is 1.49. The van der Waals surface area contributed by atoms with E-state index in [9.17, 15) is 8.42 Å². The van der Waals surface area contributed by atoms with Crippen molar-refractivity contribution in [3.8, 4) is 22.8 Å². The van der Waals surface area contributed by atoms with Gasteiger partial charge in [0, 0.05) is 18.7 Å². The highest BCUT2D eigenvalue weighted by molar-refractivity contribution is 7.89. The van der Waals surface area contributed by atoms with E-state index in [1.54, 1.807) is 24.3 Å². The van der Waals surface area contributed by atoms with Crippen LogP contribution in [-0.2, 0) is 10.0 Å². The van der Waals surface area contributed by atoms with Gasteiger partial charge in [-0.15, -0.1) is 0 Å². The summed E-state index contributed by atoms with van der Waals surface area (Å²) >= 11 is 0. The first-order valence-electron chi connectivity index (χ1n) is 10.6. The zero-order valence-electron chi connectivity index (χ0n) is 17.9. The molecule has 0 atom stereocenters. The molecule has 3 aromatic rings. The molecule has 0 bridgehead atoms. The van der Waals surface area contributed by atoms with Crippen LogP contribution in [0.2, 0.25) is 0 Å². The fourth-order valence-electron chi connectivity index (χ4n) is 3.73. The Hall–Kier alpha value is -2.55. The van der Waals surface area contributed by atoms with Crippen LogP contribution in [0, 0.1) is 12.8 Å². The second kappa shape index (κ2) is 9.30. The van der Waals surface area contributed by atoms with Crippen molar-refractivity contribution in [2.24, 2.45) is 5.92 Å². The normalized spacial score (nSPS) is 15.9. The fraction of sp³-hybridized carbons (Fsp3) is 0.391. The summed E-state index contributed by atoms with van der Waals surface area (Å²) in [5, 5.41) is 4.04. The van der Waals surface area contributed by atoms with Crippen LogP contribution in [0.3, 0.4) is 0 Å². The highest BCUT2D eigenvalue weighted by Crippen LogP contribution is 2.28. The average Bonchev–Trinajstić information content (AvgIpc) is 3.26. The van der Waals surface area contributed by atoms with E-state index in [0.717, 1.165) is 43.0 Å². The first-order valence-corrected chi connectivity index (χ1v) is 12.1. The van der Waals surface area contributed by atoms with Gasteiger partial charge in [0.2, 0.25) is 15.8 Å². The van der Waals surface area contributed by atoms with Gasteiger partial charge < -0.3 is 9.42 Å². The SMILES string of the molecule is Cc1ccc(-c2noc(-c3ccccc3S(=O)(=O)NCCN3CCC(C)CC3)n2)cc1. The summed E-state index contributed by atoms with van der Waals surface area (Å²) in [6.45, 7) is 7.37. The maximum absolute atomic E-state index is 13.0. The summed E-state index contributed by atoms with van der Waals surface area (Å²) in [6.07, 6.45) is 2.33. The van der Waals surface area contributed by atoms with Gasteiger partial charge in [0.1, 0.15) is 0 Å². The largest absolute Gasteiger partial charge is 0.334 e. The molecule has 7 nitrogen and oxygen atoms in total. The standard InChI is InChI=1S/C23H28N4O3S/c1-17-7-9-19(10-8-17)22-25-23(30-26-22)20-5-3-4-6-21(20)31(28,29)24-13-16-27-14-11-18(2)12-15-27/h3-10,18,24H,11-16H2,1-2H3. The van der Waals surface area contributed by atoms with Crippen molar-refractivity contribution in [2.75, 3.05) is 26.2 Å². The number of rotatable bonds is 7. The third kappa shape index (κ3) is 5.20. The molecule has 1 fully saturated rings. The van der Waals surface area contributed by atoms with Crippen molar-refractivity contribution < 1.29 is 12.9 Å². The van der Waals surface area contributed by atoms with Gasteiger partial charge in [-0.2, -0.15) is 4.98 Å². The molecule has 1 N–H and O–H groups in total. The first kappa shape index (κ1) is 21.7. The molecule has 0 unspecified atom stereocenters. The number of hydrogen-bond acceptors (Lipinski definition) is 6. The van der Waals surface area contributed by atoms with Crippen molar-refractivity contribution in [3.05, 3.63) is 54.1 Å². The molecule has 0 amide bonds. The molecule has 4 rings (SSSR count). The minimum atomic E-state index is -3.72. The van der Waals surface area contributed by atoms with Crippen LogP contribution in [0.5, 0.6) is 0 Å². The molecule has 31 heavy (non-hydrogen) atoms. The van der Waals surface area contributed by atoms with Gasteiger partial charge >= 0.3 is 0 Å². The number of likely N-dealkylation sites (tertiary alicyclic amines) is 1. The molecule has 0 spiro atoms. The van der Waals surface area contributed by atoms with Crippen LogP contribution in [0.25, 0.3) is 22.8 Å². The molecule has 1 aliphatic rings. The molecule has 1 aliphatic heterocycles. The van der Waals surface area contributed by atoms with E-state index >= 15 is 0 Å². The molecule has 1 aromatic heterocycles. The van der Waals surface area contributed by atoms with E-state index in [1.165, 1.54) is 0 Å². The number of aromatic nitrogens is 2. The molecular weight excluding hydrogens is 412 g/mol. The highest BCUT2D eigenvalue weighted by atomic mass is 32.2.